The first-order chi connectivity index (χ1) is 14.6. The quantitative estimate of drug-likeness (QED) is 0.507. The first-order valence-corrected chi connectivity index (χ1v) is 9.75. The molecule has 3 rings (SSSR count). The predicted molar refractivity (Wildman–Crippen MR) is 106 cm³/mol. The van der Waals surface area contributed by atoms with Gasteiger partial charge in [-0.2, -0.15) is 13.2 Å². The van der Waals surface area contributed by atoms with E-state index >= 15 is 0 Å². The lowest BCUT2D eigenvalue weighted by Crippen LogP contribution is -2.46. The third-order valence-electron chi connectivity index (χ3n) is 5.37. The summed E-state index contributed by atoms with van der Waals surface area (Å²) < 4.78 is 44.3. The van der Waals surface area contributed by atoms with Gasteiger partial charge >= 0.3 is 6.18 Å². The molecule has 0 aromatic heterocycles. The minimum Gasteiger partial charge on any atom is -0.491 e. The zero-order chi connectivity index (χ0) is 22.6. The van der Waals surface area contributed by atoms with Crippen molar-refractivity contribution in [1.82, 2.24) is 4.90 Å². The summed E-state index contributed by atoms with van der Waals surface area (Å²) in [5.41, 5.74) is -1.96. The number of aliphatic hydroxyl groups is 2. The van der Waals surface area contributed by atoms with Crippen molar-refractivity contribution in [1.29, 1.82) is 0 Å². The Bertz CT molecular complexity index is 897. The predicted octanol–water partition coefficient (Wildman–Crippen LogP) is 3.34. The van der Waals surface area contributed by atoms with E-state index in [0.717, 1.165) is 12.1 Å². The van der Waals surface area contributed by atoms with Crippen LogP contribution in [0.5, 0.6) is 5.75 Å². The van der Waals surface area contributed by atoms with E-state index in [1.807, 2.05) is 4.90 Å². The summed E-state index contributed by atoms with van der Waals surface area (Å²) >= 11 is 0. The van der Waals surface area contributed by atoms with Crippen LogP contribution in [0.3, 0.4) is 0 Å². The van der Waals surface area contributed by atoms with Crippen LogP contribution in [0.4, 0.5) is 18.9 Å². The second-order valence-corrected chi connectivity index (χ2v) is 7.63. The third kappa shape index (κ3) is 5.93. The first kappa shape index (κ1) is 23.0. The Morgan fingerprint density at radius 1 is 1.16 bits per heavy atom. The second kappa shape index (κ2) is 9.21. The van der Waals surface area contributed by atoms with Crippen molar-refractivity contribution in [3.8, 4) is 5.75 Å². The zero-order valence-corrected chi connectivity index (χ0v) is 16.6. The molecule has 7 nitrogen and oxygen atoms in total. The van der Waals surface area contributed by atoms with Crippen molar-refractivity contribution < 1.29 is 33.0 Å². The van der Waals surface area contributed by atoms with E-state index in [2.05, 4.69) is 0 Å². The molecule has 0 saturated carbocycles. The van der Waals surface area contributed by atoms with E-state index < -0.39 is 28.4 Å². The first-order valence-electron chi connectivity index (χ1n) is 9.75. The van der Waals surface area contributed by atoms with Gasteiger partial charge in [0, 0.05) is 31.8 Å². The molecule has 1 fully saturated rings. The molecule has 1 atom stereocenters. The Labute approximate surface area is 176 Å². The van der Waals surface area contributed by atoms with Gasteiger partial charge in [0.2, 0.25) is 0 Å². The van der Waals surface area contributed by atoms with Crippen LogP contribution in [0.2, 0.25) is 0 Å². The minimum absolute atomic E-state index is 0.0216. The number of nitrogens with zero attached hydrogens (tertiary/aromatic N) is 2. The topological polar surface area (TPSA) is 96.1 Å². The van der Waals surface area contributed by atoms with Gasteiger partial charge in [0.15, 0.2) is 0 Å². The number of β-amino-alcohol motifs (C(OH)–C–C–N with tert-alkyl or cyclic N) is 1. The van der Waals surface area contributed by atoms with Crippen LogP contribution in [-0.2, 0) is 11.8 Å². The van der Waals surface area contributed by atoms with Crippen LogP contribution in [0.25, 0.3) is 0 Å². The summed E-state index contributed by atoms with van der Waals surface area (Å²) in [6, 6.07) is 10.3. The number of non-ortho nitro benzene ring substituents is 1. The van der Waals surface area contributed by atoms with Crippen molar-refractivity contribution in [2.75, 3.05) is 26.2 Å². The Hall–Kier alpha value is -2.69. The van der Waals surface area contributed by atoms with Crippen LogP contribution < -0.4 is 4.74 Å². The molecule has 0 bridgehead atoms. The molecule has 168 valence electrons. The molecule has 2 aromatic rings. The molecule has 1 saturated heterocycles. The Morgan fingerprint density at radius 2 is 1.81 bits per heavy atom. The van der Waals surface area contributed by atoms with E-state index in [0.29, 0.717) is 18.8 Å². The van der Waals surface area contributed by atoms with Crippen LogP contribution in [0.1, 0.15) is 24.0 Å². The monoisotopic (exact) mass is 440 g/mol. The van der Waals surface area contributed by atoms with Gasteiger partial charge in [-0.1, -0.05) is 12.1 Å². The number of ether oxygens (including phenoxy) is 1. The van der Waals surface area contributed by atoms with Crippen molar-refractivity contribution >= 4 is 5.69 Å². The third-order valence-corrected chi connectivity index (χ3v) is 5.37. The van der Waals surface area contributed by atoms with Gasteiger partial charge in [-0.05, 0) is 42.7 Å². The lowest BCUT2D eigenvalue weighted by molar-refractivity contribution is -0.384. The number of nitro benzene ring substituents is 1. The number of hydrogen-bond donors (Lipinski definition) is 2. The van der Waals surface area contributed by atoms with E-state index in [1.54, 1.807) is 0 Å². The fourth-order valence-corrected chi connectivity index (χ4v) is 3.59. The minimum atomic E-state index is -4.47. The van der Waals surface area contributed by atoms with Crippen LogP contribution in [-0.4, -0.2) is 52.4 Å². The maximum Gasteiger partial charge on any atom is 0.416 e. The summed E-state index contributed by atoms with van der Waals surface area (Å²) in [7, 11) is 0. The van der Waals surface area contributed by atoms with E-state index in [-0.39, 0.29) is 37.2 Å². The zero-order valence-electron chi connectivity index (χ0n) is 16.6. The summed E-state index contributed by atoms with van der Waals surface area (Å²) in [6.07, 6.45) is -4.83. The standard InChI is InChI=1S/C21H23F3N2O5/c22-21(23,24)16-3-1-2-15(12-16)20(28)8-10-25(11-9-20)13-18(27)14-31-19-6-4-17(5-7-19)26(29)30/h1-7,12,18,27-28H,8-11,13-14H2. The molecular formula is C21H23F3N2O5. The highest BCUT2D eigenvalue weighted by molar-refractivity contribution is 5.36. The second-order valence-electron chi connectivity index (χ2n) is 7.63. The molecule has 1 aliphatic rings. The fourth-order valence-electron chi connectivity index (χ4n) is 3.59. The Balaban J connectivity index is 1.49. The van der Waals surface area contributed by atoms with Gasteiger partial charge < -0.3 is 19.8 Å². The molecule has 10 heteroatoms. The van der Waals surface area contributed by atoms with Gasteiger partial charge in [0.1, 0.15) is 18.5 Å². The molecule has 0 radical (unpaired) electrons. The number of nitro groups is 1. The van der Waals surface area contributed by atoms with Gasteiger partial charge in [0.05, 0.1) is 16.1 Å². The highest BCUT2D eigenvalue weighted by atomic mass is 19.4. The highest BCUT2D eigenvalue weighted by Crippen LogP contribution is 2.36. The van der Waals surface area contributed by atoms with Crippen LogP contribution >= 0.6 is 0 Å². The largest absolute Gasteiger partial charge is 0.491 e. The van der Waals surface area contributed by atoms with Crippen molar-refractivity contribution in [3.05, 3.63) is 69.8 Å². The average molecular weight is 440 g/mol. The van der Waals surface area contributed by atoms with Crippen molar-refractivity contribution in [3.63, 3.8) is 0 Å². The number of alkyl halides is 3. The molecule has 0 amide bonds. The van der Waals surface area contributed by atoms with E-state index in [1.165, 1.54) is 36.4 Å². The Kier molecular flexibility index (Phi) is 6.83. The van der Waals surface area contributed by atoms with Crippen molar-refractivity contribution in [2.45, 2.75) is 30.7 Å². The van der Waals surface area contributed by atoms with E-state index in [4.69, 9.17) is 4.74 Å². The lowest BCUT2D eigenvalue weighted by Gasteiger charge is -2.39. The maximum absolute atomic E-state index is 13.0. The number of rotatable bonds is 7. The SMILES string of the molecule is O=[N+]([O-])c1ccc(OCC(O)CN2CCC(O)(c3cccc(C(F)(F)F)c3)CC2)cc1. The normalized spacial score (nSPS) is 17.8. The maximum atomic E-state index is 13.0. The molecule has 31 heavy (non-hydrogen) atoms. The van der Waals surface area contributed by atoms with Gasteiger partial charge in [-0.3, -0.25) is 10.1 Å². The summed E-state index contributed by atoms with van der Waals surface area (Å²) in [5, 5.41) is 31.7. The fraction of sp³-hybridized carbons (Fsp3) is 0.429. The molecular weight excluding hydrogens is 417 g/mol. The number of likely N-dealkylation sites (tertiary alicyclic amines) is 1. The van der Waals surface area contributed by atoms with Crippen LogP contribution in [0, 0.1) is 10.1 Å². The molecule has 0 spiro atoms. The number of piperidine rings is 1. The summed E-state index contributed by atoms with van der Waals surface area (Å²) in [6.45, 7) is 1.06. The summed E-state index contributed by atoms with van der Waals surface area (Å²) in [4.78, 5) is 12.0. The average Bonchev–Trinajstić information content (AvgIpc) is 2.74. The number of hydrogen-bond acceptors (Lipinski definition) is 6. The smallest absolute Gasteiger partial charge is 0.416 e. The van der Waals surface area contributed by atoms with Crippen molar-refractivity contribution in [2.24, 2.45) is 0 Å². The molecule has 1 heterocycles. The number of aliphatic hydroxyl groups excluding tert-OH is 1. The Morgan fingerprint density at radius 3 is 2.39 bits per heavy atom. The molecule has 2 N–H and O–H groups in total. The van der Waals surface area contributed by atoms with Gasteiger partial charge in [-0.15, -0.1) is 0 Å². The van der Waals surface area contributed by atoms with Gasteiger partial charge in [0.25, 0.3) is 5.69 Å². The molecule has 1 unspecified atom stereocenters. The lowest BCUT2D eigenvalue weighted by atomic mass is 9.83. The van der Waals surface area contributed by atoms with Gasteiger partial charge in [-0.25, -0.2) is 0 Å². The highest BCUT2D eigenvalue weighted by Gasteiger charge is 2.37. The molecule has 2 aromatic carbocycles. The van der Waals surface area contributed by atoms with E-state index in [9.17, 15) is 33.5 Å². The number of halogens is 3. The summed E-state index contributed by atoms with van der Waals surface area (Å²) in [5.74, 6) is 0.391. The molecule has 0 aliphatic carbocycles. The molecule has 1 aliphatic heterocycles. The number of benzene rings is 2. The van der Waals surface area contributed by atoms with Crippen LogP contribution in [0.15, 0.2) is 48.5 Å².